The fourth-order valence-electron chi connectivity index (χ4n) is 3.11. The third kappa shape index (κ3) is 4.28. The van der Waals surface area contributed by atoms with Crippen LogP contribution >= 0.6 is 15.9 Å². The molecule has 4 aromatic rings. The van der Waals surface area contributed by atoms with Gasteiger partial charge in [-0.3, -0.25) is 9.89 Å². The molecule has 30 heavy (non-hydrogen) atoms. The number of nitrogens with one attached hydrogen (secondary N) is 1. The summed E-state index contributed by atoms with van der Waals surface area (Å²) in [5.74, 6) is 0.267. The molecule has 0 aliphatic rings. The molecule has 0 fully saturated rings. The van der Waals surface area contributed by atoms with Crippen molar-refractivity contribution in [3.8, 4) is 11.4 Å². The fraction of sp³-hybridized carbons (Fsp3) is 0.0417. The average molecular weight is 465 g/mol. The number of hydrogen-bond acceptors (Lipinski definition) is 2. The Hall–Kier alpha value is -3.38. The molecule has 6 heteroatoms. The van der Waals surface area contributed by atoms with Crippen LogP contribution in [0.25, 0.3) is 18.3 Å². The number of rotatable bonds is 5. The first-order valence-electron chi connectivity index (χ1n) is 9.25. The summed E-state index contributed by atoms with van der Waals surface area (Å²) >= 11 is 3.46. The molecule has 0 unspecified atom stereocenters. The van der Waals surface area contributed by atoms with Crippen molar-refractivity contribution >= 4 is 28.6 Å². The van der Waals surface area contributed by atoms with Gasteiger partial charge in [-0.15, -0.1) is 0 Å². The number of H-pyrrole nitrogens is 1. The molecule has 0 aliphatic heterocycles. The molecule has 3 aromatic carbocycles. The minimum Gasteiger partial charge on any atom is -0.488 e. The van der Waals surface area contributed by atoms with E-state index < -0.39 is 0 Å². The highest BCUT2D eigenvalue weighted by atomic mass is 79.9. The zero-order valence-corrected chi connectivity index (χ0v) is 17.5. The van der Waals surface area contributed by atoms with E-state index in [4.69, 9.17) is 4.74 Å². The normalized spacial score (nSPS) is 11.6. The van der Waals surface area contributed by atoms with E-state index in [-0.39, 0.29) is 18.0 Å². The molecule has 0 bridgehead atoms. The van der Waals surface area contributed by atoms with Gasteiger partial charge in [-0.25, -0.2) is 9.07 Å². The first-order valence-corrected chi connectivity index (χ1v) is 10.0. The summed E-state index contributed by atoms with van der Waals surface area (Å²) in [6, 6.07) is 21.1. The van der Waals surface area contributed by atoms with Crippen molar-refractivity contribution in [1.29, 1.82) is 0 Å². The Labute approximate surface area is 180 Å². The van der Waals surface area contributed by atoms with Crippen LogP contribution in [0.15, 0.2) is 82.1 Å². The maximum absolute atomic E-state index is 13.4. The first kappa shape index (κ1) is 19.9. The van der Waals surface area contributed by atoms with Crippen LogP contribution in [0.5, 0.6) is 5.75 Å². The summed E-state index contributed by atoms with van der Waals surface area (Å²) in [5, 5.41) is 3.95. The van der Waals surface area contributed by atoms with Crippen molar-refractivity contribution in [1.82, 2.24) is 9.78 Å². The summed E-state index contributed by atoms with van der Waals surface area (Å²) in [6.45, 7) is 4.18. The molecule has 0 aliphatic carbocycles. The topological polar surface area (TPSA) is 47.0 Å². The number of ether oxygens (including phenoxy) is 1. The summed E-state index contributed by atoms with van der Waals surface area (Å²) in [5.41, 5.74) is 1.95. The standard InChI is InChI=1S/C24H18BrFN2O2/c1-16-22(24(29)28(27-16)21-8-3-2-4-9-21)14-18-13-19(25)10-11-23(18)30-15-17-6-5-7-20(26)12-17/h2-14,27H,1,15H2/b22-14-. The summed E-state index contributed by atoms with van der Waals surface area (Å²) in [6.07, 6.45) is 1.74. The minimum atomic E-state index is -0.311. The van der Waals surface area contributed by atoms with Gasteiger partial charge in [-0.05, 0) is 54.1 Å². The molecule has 4 nitrogen and oxygen atoms in total. The number of nitrogens with zero attached hydrogens (tertiary/aromatic N) is 1. The Kier molecular flexibility index (Phi) is 5.68. The van der Waals surface area contributed by atoms with Gasteiger partial charge in [0.2, 0.25) is 0 Å². The van der Waals surface area contributed by atoms with Gasteiger partial charge in [0.25, 0.3) is 5.56 Å². The molecular formula is C24H18BrFN2O2. The van der Waals surface area contributed by atoms with E-state index in [0.29, 0.717) is 21.9 Å². The highest BCUT2D eigenvalue weighted by Gasteiger charge is 2.08. The van der Waals surface area contributed by atoms with Crippen LogP contribution < -0.4 is 20.9 Å². The Bertz CT molecular complexity index is 1360. The molecule has 1 aromatic heterocycles. The SMILES string of the molecule is C=c1[nH]n(-c2ccccc2)c(=O)/c1=C\c1cc(Br)ccc1OCc1cccc(F)c1. The van der Waals surface area contributed by atoms with Gasteiger partial charge >= 0.3 is 0 Å². The van der Waals surface area contributed by atoms with Crippen LogP contribution in [-0.4, -0.2) is 9.78 Å². The van der Waals surface area contributed by atoms with E-state index in [1.807, 2.05) is 42.5 Å². The quantitative estimate of drug-likeness (QED) is 0.487. The molecule has 0 saturated heterocycles. The summed E-state index contributed by atoms with van der Waals surface area (Å²) in [7, 11) is 0. The number of aromatic nitrogens is 2. The van der Waals surface area contributed by atoms with Gasteiger partial charge < -0.3 is 4.74 Å². The maximum Gasteiger partial charge on any atom is 0.279 e. The first-order chi connectivity index (χ1) is 14.5. The average Bonchev–Trinajstić information content (AvgIpc) is 3.02. The second kappa shape index (κ2) is 8.55. The predicted molar refractivity (Wildman–Crippen MR) is 120 cm³/mol. The van der Waals surface area contributed by atoms with Crippen molar-refractivity contribution in [2.75, 3.05) is 0 Å². The Morgan fingerprint density at radius 3 is 2.63 bits per heavy atom. The molecule has 1 heterocycles. The lowest BCUT2D eigenvalue weighted by Gasteiger charge is -2.10. The van der Waals surface area contributed by atoms with E-state index in [2.05, 4.69) is 27.6 Å². The van der Waals surface area contributed by atoms with Crippen molar-refractivity contribution in [3.63, 3.8) is 0 Å². The number of hydrogen-bond donors (Lipinski definition) is 1. The monoisotopic (exact) mass is 464 g/mol. The summed E-state index contributed by atoms with van der Waals surface area (Å²) < 4.78 is 21.6. The molecule has 150 valence electrons. The lowest BCUT2D eigenvalue weighted by atomic mass is 10.1. The van der Waals surface area contributed by atoms with E-state index in [1.165, 1.54) is 16.8 Å². The highest BCUT2D eigenvalue weighted by molar-refractivity contribution is 9.10. The van der Waals surface area contributed by atoms with E-state index in [1.54, 1.807) is 24.3 Å². The van der Waals surface area contributed by atoms with E-state index in [9.17, 15) is 9.18 Å². The van der Waals surface area contributed by atoms with Crippen molar-refractivity contribution < 1.29 is 9.13 Å². The third-order valence-electron chi connectivity index (χ3n) is 4.57. The number of halogens is 2. The van der Waals surface area contributed by atoms with Gasteiger partial charge in [0.05, 0.1) is 16.3 Å². The second-order valence-electron chi connectivity index (χ2n) is 6.73. The van der Waals surface area contributed by atoms with Gasteiger partial charge in [0, 0.05) is 10.0 Å². The van der Waals surface area contributed by atoms with Gasteiger partial charge in [0.15, 0.2) is 0 Å². The summed E-state index contributed by atoms with van der Waals surface area (Å²) in [4.78, 5) is 13.0. The minimum absolute atomic E-state index is 0.206. The molecule has 0 amide bonds. The zero-order valence-electron chi connectivity index (χ0n) is 15.9. The highest BCUT2D eigenvalue weighted by Crippen LogP contribution is 2.24. The fourth-order valence-corrected chi connectivity index (χ4v) is 3.49. The molecule has 0 radical (unpaired) electrons. The van der Waals surface area contributed by atoms with Crippen LogP contribution in [0.2, 0.25) is 0 Å². The molecular weight excluding hydrogens is 447 g/mol. The second-order valence-corrected chi connectivity index (χ2v) is 7.64. The van der Waals surface area contributed by atoms with Crippen LogP contribution in [0.1, 0.15) is 11.1 Å². The lowest BCUT2D eigenvalue weighted by Crippen LogP contribution is -2.34. The number of para-hydroxylation sites is 1. The van der Waals surface area contributed by atoms with Crippen molar-refractivity contribution in [3.05, 3.63) is 115 Å². The van der Waals surface area contributed by atoms with E-state index >= 15 is 0 Å². The molecule has 0 saturated carbocycles. The molecule has 0 spiro atoms. The van der Waals surface area contributed by atoms with E-state index in [0.717, 1.165) is 15.7 Å². The third-order valence-corrected chi connectivity index (χ3v) is 5.07. The zero-order chi connectivity index (χ0) is 21.1. The van der Waals surface area contributed by atoms with Crippen molar-refractivity contribution in [2.24, 2.45) is 0 Å². The van der Waals surface area contributed by atoms with Crippen LogP contribution in [-0.2, 0) is 6.61 Å². The van der Waals surface area contributed by atoms with Crippen LogP contribution in [0, 0.1) is 5.82 Å². The van der Waals surface area contributed by atoms with Gasteiger partial charge in [-0.2, -0.15) is 0 Å². The van der Waals surface area contributed by atoms with Gasteiger partial charge in [0.1, 0.15) is 18.2 Å². The largest absolute Gasteiger partial charge is 0.488 e. The Morgan fingerprint density at radius 2 is 1.87 bits per heavy atom. The van der Waals surface area contributed by atoms with Gasteiger partial charge in [-0.1, -0.05) is 52.8 Å². The lowest BCUT2D eigenvalue weighted by molar-refractivity contribution is 0.305. The molecule has 4 rings (SSSR count). The van der Waals surface area contributed by atoms with Crippen molar-refractivity contribution in [2.45, 2.75) is 6.61 Å². The smallest absolute Gasteiger partial charge is 0.279 e. The molecule has 1 N–H and O–H groups in total. The van der Waals surface area contributed by atoms with Crippen LogP contribution in [0.4, 0.5) is 4.39 Å². The Morgan fingerprint density at radius 1 is 1.07 bits per heavy atom. The number of benzene rings is 3. The number of aromatic amines is 1. The predicted octanol–water partition coefficient (Wildman–Crippen LogP) is 3.89. The molecule has 0 atom stereocenters. The maximum atomic E-state index is 13.4. The van der Waals surface area contributed by atoms with Crippen LogP contribution in [0.3, 0.4) is 0 Å². The Balaban J connectivity index is 1.74.